The van der Waals surface area contributed by atoms with Gasteiger partial charge in [0.1, 0.15) is 5.69 Å². The molecule has 0 bridgehead atoms. The van der Waals surface area contributed by atoms with Gasteiger partial charge >= 0.3 is 5.97 Å². The maximum Gasteiger partial charge on any atom is 0.354 e. The molecule has 8 nitrogen and oxygen atoms in total. The number of aromatic nitrogens is 1. The Labute approximate surface area is 111 Å². The number of hydrogen-bond donors (Lipinski definition) is 1. The lowest BCUT2D eigenvalue weighted by molar-refractivity contribution is -0.383. The van der Waals surface area contributed by atoms with Gasteiger partial charge in [0.25, 0.3) is 11.6 Å². The highest BCUT2D eigenvalue weighted by atomic mass is 16.6. The van der Waals surface area contributed by atoms with Crippen molar-refractivity contribution in [3.8, 4) is 0 Å². The molecule has 0 radical (unpaired) electrons. The second kappa shape index (κ2) is 3.73. The standard InChI is InChI=1S/C12H7N3O5/c1-14-7-2-3-8(15(19)20)10-9(7)5(11(14)16)4-6(13-10)12(17)18/h2-4H,1H3,(H,17,18). The van der Waals surface area contributed by atoms with Crippen molar-refractivity contribution in [2.24, 2.45) is 0 Å². The Kier molecular flexibility index (Phi) is 2.24. The molecule has 1 amide bonds. The van der Waals surface area contributed by atoms with Gasteiger partial charge < -0.3 is 10.0 Å². The molecule has 0 unspecified atom stereocenters. The average molecular weight is 273 g/mol. The van der Waals surface area contributed by atoms with Crippen LogP contribution in [0, 0.1) is 10.1 Å². The molecule has 0 saturated heterocycles. The van der Waals surface area contributed by atoms with Crippen LogP contribution in [0.3, 0.4) is 0 Å². The first-order valence-electron chi connectivity index (χ1n) is 5.55. The lowest BCUT2D eigenvalue weighted by atomic mass is 10.1. The van der Waals surface area contributed by atoms with E-state index in [2.05, 4.69) is 4.98 Å². The summed E-state index contributed by atoms with van der Waals surface area (Å²) in [4.78, 5) is 38.6. The first-order chi connectivity index (χ1) is 9.41. The number of carbonyl (C=O) groups is 2. The van der Waals surface area contributed by atoms with Crippen LogP contribution < -0.4 is 4.90 Å². The van der Waals surface area contributed by atoms with E-state index in [-0.39, 0.29) is 16.8 Å². The van der Waals surface area contributed by atoms with Crippen LogP contribution in [-0.2, 0) is 0 Å². The third-order valence-corrected chi connectivity index (χ3v) is 3.23. The molecule has 2 heterocycles. The van der Waals surface area contributed by atoms with Crippen molar-refractivity contribution in [1.29, 1.82) is 0 Å². The van der Waals surface area contributed by atoms with E-state index in [0.29, 0.717) is 11.1 Å². The topological polar surface area (TPSA) is 114 Å². The SMILES string of the molecule is CN1C(=O)c2cc(C(=O)O)nc3c([N+](=O)[O-])ccc1c23. The number of carboxylic acid groups (broad SMARTS) is 1. The fourth-order valence-corrected chi connectivity index (χ4v) is 2.30. The summed E-state index contributed by atoms with van der Waals surface area (Å²) in [5, 5.41) is 20.3. The summed E-state index contributed by atoms with van der Waals surface area (Å²) in [5.74, 6) is -1.75. The molecule has 1 aliphatic rings. The van der Waals surface area contributed by atoms with Gasteiger partial charge in [-0.1, -0.05) is 0 Å². The molecule has 1 aliphatic heterocycles. The van der Waals surface area contributed by atoms with Crippen molar-refractivity contribution >= 4 is 34.2 Å². The number of pyridine rings is 1. The van der Waals surface area contributed by atoms with Crippen molar-refractivity contribution in [2.45, 2.75) is 0 Å². The molecule has 1 N–H and O–H groups in total. The lowest BCUT2D eigenvalue weighted by Crippen LogP contribution is -2.20. The monoisotopic (exact) mass is 273 g/mol. The number of nitrogens with zero attached hydrogens (tertiary/aromatic N) is 3. The van der Waals surface area contributed by atoms with Crippen LogP contribution in [0.4, 0.5) is 11.4 Å². The molecule has 0 aliphatic carbocycles. The summed E-state index contributed by atoms with van der Waals surface area (Å²) >= 11 is 0. The second-order valence-electron chi connectivity index (χ2n) is 4.31. The zero-order valence-corrected chi connectivity index (χ0v) is 10.2. The average Bonchev–Trinajstić information content (AvgIpc) is 2.65. The third kappa shape index (κ3) is 1.38. The van der Waals surface area contributed by atoms with Gasteiger partial charge in [0.15, 0.2) is 5.52 Å². The Morgan fingerprint density at radius 1 is 1.45 bits per heavy atom. The van der Waals surface area contributed by atoms with E-state index in [1.54, 1.807) is 0 Å². The minimum atomic E-state index is -1.34. The number of benzene rings is 1. The van der Waals surface area contributed by atoms with Crippen LogP contribution in [0.25, 0.3) is 10.9 Å². The van der Waals surface area contributed by atoms with Gasteiger partial charge in [0.2, 0.25) is 0 Å². The van der Waals surface area contributed by atoms with Crippen LogP contribution in [0.1, 0.15) is 20.8 Å². The number of anilines is 1. The predicted molar refractivity (Wildman–Crippen MR) is 68.1 cm³/mol. The van der Waals surface area contributed by atoms with E-state index < -0.39 is 22.5 Å². The minimum absolute atomic E-state index is 0.0832. The molecule has 20 heavy (non-hydrogen) atoms. The zero-order chi connectivity index (χ0) is 14.6. The van der Waals surface area contributed by atoms with E-state index in [9.17, 15) is 19.7 Å². The van der Waals surface area contributed by atoms with E-state index in [0.717, 1.165) is 6.07 Å². The Hall–Kier alpha value is -3.03. The molecule has 100 valence electrons. The molecule has 8 heteroatoms. The van der Waals surface area contributed by atoms with Crippen molar-refractivity contribution in [2.75, 3.05) is 11.9 Å². The van der Waals surface area contributed by atoms with Crippen LogP contribution >= 0.6 is 0 Å². The number of carboxylic acids is 1. The van der Waals surface area contributed by atoms with E-state index in [4.69, 9.17) is 5.11 Å². The molecule has 2 aromatic rings. The number of non-ortho nitro benzene ring substituents is 1. The van der Waals surface area contributed by atoms with Gasteiger partial charge in [0, 0.05) is 18.5 Å². The van der Waals surface area contributed by atoms with E-state index >= 15 is 0 Å². The van der Waals surface area contributed by atoms with Gasteiger partial charge in [0.05, 0.1) is 16.2 Å². The van der Waals surface area contributed by atoms with Crippen LogP contribution in [0.15, 0.2) is 18.2 Å². The smallest absolute Gasteiger partial charge is 0.354 e. The van der Waals surface area contributed by atoms with Crippen LogP contribution in [0.2, 0.25) is 0 Å². The minimum Gasteiger partial charge on any atom is -0.477 e. The Bertz CT molecular complexity index is 814. The maximum absolute atomic E-state index is 12.1. The highest BCUT2D eigenvalue weighted by molar-refractivity contribution is 6.25. The number of hydrogen-bond acceptors (Lipinski definition) is 5. The molecule has 1 aromatic heterocycles. The van der Waals surface area contributed by atoms with Gasteiger partial charge in [-0.05, 0) is 12.1 Å². The summed E-state index contributed by atoms with van der Waals surface area (Å²) < 4.78 is 0. The summed E-state index contributed by atoms with van der Waals surface area (Å²) in [6.45, 7) is 0. The molecule has 0 fully saturated rings. The quantitative estimate of drug-likeness (QED) is 0.654. The number of carbonyl (C=O) groups excluding carboxylic acids is 1. The van der Waals surface area contributed by atoms with Crippen LogP contribution in [0.5, 0.6) is 0 Å². The van der Waals surface area contributed by atoms with Crippen molar-refractivity contribution in [3.05, 3.63) is 39.6 Å². The van der Waals surface area contributed by atoms with Gasteiger partial charge in [-0.15, -0.1) is 0 Å². The Balaban J connectivity index is 2.51. The summed E-state index contributed by atoms with van der Waals surface area (Å²) in [6, 6.07) is 3.82. The highest BCUT2D eigenvalue weighted by Gasteiger charge is 2.32. The second-order valence-corrected chi connectivity index (χ2v) is 4.31. The molecule has 3 rings (SSSR count). The van der Waals surface area contributed by atoms with Crippen molar-refractivity contribution in [3.63, 3.8) is 0 Å². The first-order valence-corrected chi connectivity index (χ1v) is 5.55. The summed E-state index contributed by atoms with van der Waals surface area (Å²) in [5.41, 5.74) is -0.198. The molecular weight excluding hydrogens is 266 g/mol. The summed E-state index contributed by atoms with van der Waals surface area (Å²) in [7, 11) is 1.52. The van der Waals surface area contributed by atoms with E-state index in [1.165, 1.54) is 24.1 Å². The van der Waals surface area contributed by atoms with Gasteiger partial charge in [-0.3, -0.25) is 14.9 Å². The first kappa shape index (κ1) is 12.0. The van der Waals surface area contributed by atoms with Crippen LogP contribution in [-0.4, -0.2) is 33.9 Å². The number of amides is 1. The Morgan fingerprint density at radius 2 is 2.15 bits per heavy atom. The van der Waals surface area contributed by atoms with Crippen molar-refractivity contribution < 1.29 is 19.6 Å². The molecule has 1 aromatic carbocycles. The normalized spacial score (nSPS) is 13.1. The molecular formula is C12H7N3O5. The van der Waals surface area contributed by atoms with E-state index in [1.807, 2.05) is 0 Å². The van der Waals surface area contributed by atoms with Crippen molar-refractivity contribution in [1.82, 2.24) is 4.98 Å². The number of nitro groups is 1. The fourth-order valence-electron chi connectivity index (χ4n) is 2.30. The number of nitro benzene ring substituents is 1. The fraction of sp³-hybridized carbons (Fsp3) is 0.0833. The predicted octanol–water partition coefficient (Wildman–Crippen LogP) is 1.43. The number of rotatable bonds is 2. The number of aromatic carboxylic acids is 1. The largest absolute Gasteiger partial charge is 0.477 e. The molecule has 0 atom stereocenters. The maximum atomic E-state index is 12.1. The highest BCUT2D eigenvalue weighted by Crippen LogP contribution is 2.39. The lowest BCUT2D eigenvalue weighted by Gasteiger charge is -2.09. The zero-order valence-electron chi connectivity index (χ0n) is 10.2. The summed E-state index contributed by atoms with van der Waals surface area (Å²) in [6.07, 6.45) is 0. The van der Waals surface area contributed by atoms with Gasteiger partial charge in [-0.2, -0.15) is 0 Å². The Morgan fingerprint density at radius 3 is 2.75 bits per heavy atom. The molecule has 0 spiro atoms. The third-order valence-electron chi connectivity index (χ3n) is 3.23. The molecule has 0 saturated carbocycles. The van der Waals surface area contributed by atoms with Gasteiger partial charge in [-0.25, -0.2) is 9.78 Å².